The highest BCUT2D eigenvalue weighted by Crippen LogP contribution is 2.49. The van der Waals surface area contributed by atoms with E-state index in [9.17, 15) is 14.7 Å². The summed E-state index contributed by atoms with van der Waals surface area (Å²) < 4.78 is 0. The van der Waals surface area contributed by atoms with E-state index in [0.717, 1.165) is 6.42 Å². The molecular weight excluding hydrogens is 220 g/mol. The van der Waals surface area contributed by atoms with E-state index >= 15 is 0 Å². The van der Waals surface area contributed by atoms with Gasteiger partial charge in [0.2, 0.25) is 5.91 Å². The number of carbonyl (C=O) groups is 2. The second-order valence-electron chi connectivity index (χ2n) is 6.28. The van der Waals surface area contributed by atoms with Crippen molar-refractivity contribution in [3.8, 4) is 0 Å². The first-order valence-corrected chi connectivity index (χ1v) is 6.02. The molecule has 17 heavy (non-hydrogen) atoms. The van der Waals surface area contributed by atoms with Gasteiger partial charge >= 0.3 is 5.97 Å². The van der Waals surface area contributed by atoms with Crippen LogP contribution in [0.1, 0.15) is 27.2 Å². The van der Waals surface area contributed by atoms with E-state index < -0.39 is 18.1 Å². The third-order valence-corrected chi connectivity index (χ3v) is 3.88. The fraction of sp³-hybridized carbons (Fsp3) is 0.833. The lowest BCUT2D eigenvalue weighted by atomic mass is 9.86. The Balaban J connectivity index is 2.12. The van der Waals surface area contributed by atoms with E-state index in [0.29, 0.717) is 12.5 Å². The summed E-state index contributed by atoms with van der Waals surface area (Å²) in [4.78, 5) is 24.9. The summed E-state index contributed by atoms with van der Waals surface area (Å²) in [5, 5.41) is 9.18. The van der Waals surface area contributed by atoms with Gasteiger partial charge in [-0.3, -0.25) is 4.79 Å². The zero-order valence-electron chi connectivity index (χ0n) is 10.5. The summed E-state index contributed by atoms with van der Waals surface area (Å²) >= 11 is 0. The van der Waals surface area contributed by atoms with Crippen molar-refractivity contribution in [2.24, 2.45) is 23.0 Å². The Morgan fingerprint density at radius 1 is 1.41 bits per heavy atom. The van der Waals surface area contributed by atoms with Gasteiger partial charge in [-0.1, -0.05) is 20.8 Å². The number of fused-ring (bicyclic) bond motifs is 1. The Kier molecular flexibility index (Phi) is 2.69. The molecule has 0 spiro atoms. The Hall–Kier alpha value is -1.10. The average molecular weight is 240 g/mol. The van der Waals surface area contributed by atoms with Crippen molar-refractivity contribution in [3.05, 3.63) is 0 Å². The first-order chi connectivity index (χ1) is 7.73. The number of nitrogens with two attached hydrogens (primary N) is 1. The normalized spacial score (nSPS) is 33.2. The quantitative estimate of drug-likeness (QED) is 0.726. The number of carboxylic acids is 1. The smallest absolute Gasteiger partial charge is 0.326 e. The van der Waals surface area contributed by atoms with E-state index in [1.165, 1.54) is 4.90 Å². The Bertz CT molecular complexity index is 361. The van der Waals surface area contributed by atoms with Crippen LogP contribution in [0.3, 0.4) is 0 Å². The molecule has 1 aliphatic heterocycles. The van der Waals surface area contributed by atoms with Gasteiger partial charge in [0.1, 0.15) is 6.04 Å². The first kappa shape index (κ1) is 12.4. The second-order valence-corrected chi connectivity index (χ2v) is 6.28. The van der Waals surface area contributed by atoms with Gasteiger partial charge in [-0.2, -0.15) is 0 Å². The van der Waals surface area contributed by atoms with Crippen molar-refractivity contribution in [1.29, 1.82) is 0 Å². The van der Waals surface area contributed by atoms with Crippen molar-refractivity contribution < 1.29 is 14.7 Å². The molecule has 5 heteroatoms. The third-order valence-electron chi connectivity index (χ3n) is 3.88. The van der Waals surface area contributed by atoms with Crippen LogP contribution in [0.2, 0.25) is 0 Å². The highest BCUT2D eigenvalue weighted by molar-refractivity contribution is 5.88. The number of hydrogen-bond donors (Lipinski definition) is 2. The highest BCUT2D eigenvalue weighted by Gasteiger charge is 2.57. The molecule has 1 saturated heterocycles. The minimum Gasteiger partial charge on any atom is -0.480 e. The summed E-state index contributed by atoms with van der Waals surface area (Å²) in [6, 6.07) is -1.29. The zero-order valence-corrected chi connectivity index (χ0v) is 10.5. The SMILES string of the molecule is CC(C)(C)C(N)C(=O)N1C[C@@H]2C[C@@H]2[C@H]1C(=O)O. The van der Waals surface area contributed by atoms with Crippen LogP contribution >= 0.6 is 0 Å². The van der Waals surface area contributed by atoms with E-state index in [4.69, 9.17) is 5.73 Å². The summed E-state index contributed by atoms with van der Waals surface area (Å²) in [6.45, 7) is 6.23. The molecule has 0 aromatic carbocycles. The van der Waals surface area contributed by atoms with Crippen LogP contribution in [0.25, 0.3) is 0 Å². The molecule has 1 unspecified atom stereocenters. The molecule has 1 saturated carbocycles. The Labute approximate surface area is 101 Å². The molecule has 0 bridgehead atoms. The molecule has 0 aromatic heterocycles. The number of piperidine rings is 1. The lowest BCUT2D eigenvalue weighted by Gasteiger charge is -2.32. The molecule has 4 atom stereocenters. The van der Waals surface area contributed by atoms with Crippen LogP contribution < -0.4 is 5.73 Å². The number of amides is 1. The van der Waals surface area contributed by atoms with Gasteiger partial charge in [-0.05, 0) is 23.7 Å². The highest BCUT2D eigenvalue weighted by atomic mass is 16.4. The molecule has 0 radical (unpaired) electrons. The molecule has 0 aromatic rings. The third kappa shape index (κ3) is 2.04. The topological polar surface area (TPSA) is 83.6 Å². The fourth-order valence-electron chi connectivity index (χ4n) is 2.56. The molecule has 3 N–H and O–H groups in total. The number of hydrogen-bond acceptors (Lipinski definition) is 3. The number of nitrogens with zero attached hydrogens (tertiary/aromatic N) is 1. The van der Waals surface area contributed by atoms with E-state index in [1.54, 1.807) is 0 Å². The van der Waals surface area contributed by atoms with Crippen molar-refractivity contribution in [3.63, 3.8) is 0 Å². The lowest BCUT2D eigenvalue weighted by Crippen LogP contribution is -2.54. The average Bonchev–Trinajstić information content (AvgIpc) is 2.85. The molecule has 96 valence electrons. The molecule has 2 fully saturated rings. The van der Waals surface area contributed by atoms with Gasteiger partial charge in [0.05, 0.1) is 6.04 Å². The second kappa shape index (κ2) is 3.70. The van der Waals surface area contributed by atoms with Crippen LogP contribution in [0.5, 0.6) is 0 Å². The molecule has 2 aliphatic rings. The molecule has 2 rings (SSSR count). The standard InChI is InChI=1S/C12H20N2O3/c1-12(2,3)9(13)10(15)14-5-6-4-7(6)8(14)11(16)17/h6-9H,4-5,13H2,1-3H3,(H,16,17)/t6-,7-,8-,9?/m0/s1. The van der Waals surface area contributed by atoms with Crippen LogP contribution in [-0.2, 0) is 9.59 Å². The predicted molar refractivity (Wildman–Crippen MR) is 62.2 cm³/mol. The summed E-state index contributed by atoms with van der Waals surface area (Å²) in [7, 11) is 0. The number of carboxylic acid groups (broad SMARTS) is 1. The molecule has 1 aliphatic carbocycles. The number of carbonyl (C=O) groups excluding carboxylic acids is 1. The Morgan fingerprint density at radius 3 is 2.47 bits per heavy atom. The fourth-order valence-corrected chi connectivity index (χ4v) is 2.56. The molecular formula is C12H20N2O3. The van der Waals surface area contributed by atoms with Crippen molar-refractivity contribution in [1.82, 2.24) is 4.90 Å². The van der Waals surface area contributed by atoms with Crippen molar-refractivity contribution in [2.75, 3.05) is 6.54 Å². The van der Waals surface area contributed by atoms with Gasteiger partial charge < -0.3 is 15.7 Å². The lowest BCUT2D eigenvalue weighted by molar-refractivity contribution is -0.151. The van der Waals surface area contributed by atoms with Crippen LogP contribution in [0.15, 0.2) is 0 Å². The number of rotatable bonds is 2. The zero-order chi connectivity index (χ0) is 13.0. The monoisotopic (exact) mass is 240 g/mol. The van der Waals surface area contributed by atoms with Gasteiger partial charge in [0.15, 0.2) is 0 Å². The van der Waals surface area contributed by atoms with E-state index in [1.807, 2.05) is 20.8 Å². The van der Waals surface area contributed by atoms with Crippen molar-refractivity contribution in [2.45, 2.75) is 39.3 Å². The van der Waals surface area contributed by atoms with Gasteiger partial charge in [-0.25, -0.2) is 4.79 Å². The summed E-state index contributed by atoms with van der Waals surface area (Å²) in [5.74, 6) is -0.586. The number of aliphatic carboxylic acids is 1. The Morgan fingerprint density at radius 2 is 2.00 bits per heavy atom. The molecule has 5 nitrogen and oxygen atoms in total. The van der Waals surface area contributed by atoms with E-state index in [2.05, 4.69) is 0 Å². The molecule has 1 heterocycles. The van der Waals surface area contributed by atoms with Crippen LogP contribution in [-0.4, -0.2) is 40.5 Å². The summed E-state index contributed by atoms with van der Waals surface area (Å²) in [6.07, 6.45) is 0.936. The predicted octanol–water partition coefficient (Wildman–Crippen LogP) is 0.291. The largest absolute Gasteiger partial charge is 0.480 e. The number of likely N-dealkylation sites (tertiary alicyclic amines) is 1. The summed E-state index contributed by atoms with van der Waals surface area (Å²) in [5.41, 5.74) is 5.57. The molecule has 1 amide bonds. The maximum Gasteiger partial charge on any atom is 0.326 e. The first-order valence-electron chi connectivity index (χ1n) is 6.02. The van der Waals surface area contributed by atoms with Crippen LogP contribution in [0.4, 0.5) is 0 Å². The minimum absolute atomic E-state index is 0.156. The minimum atomic E-state index is -0.899. The van der Waals surface area contributed by atoms with Gasteiger partial charge in [0, 0.05) is 6.54 Å². The maximum absolute atomic E-state index is 12.2. The van der Waals surface area contributed by atoms with Gasteiger partial charge in [-0.15, -0.1) is 0 Å². The van der Waals surface area contributed by atoms with Crippen LogP contribution in [0, 0.1) is 17.3 Å². The van der Waals surface area contributed by atoms with Gasteiger partial charge in [0.25, 0.3) is 0 Å². The van der Waals surface area contributed by atoms with Crippen molar-refractivity contribution >= 4 is 11.9 Å². The van der Waals surface area contributed by atoms with E-state index in [-0.39, 0.29) is 17.2 Å². The maximum atomic E-state index is 12.2.